The van der Waals surface area contributed by atoms with Gasteiger partial charge in [-0.15, -0.1) is 11.3 Å². The van der Waals surface area contributed by atoms with Crippen LogP contribution < -0.4 is 5.73 Å². The van der Waals surface area contributed by atoms with Crippen molar-refractivity contribution in [2.24, 2.45) is 5.73 Å². The van der Waals surface area contributed by atoms with E-state index in [-0.39, 0.29) is 5.56 Å². The van der Waals surface area contributed by atoms with Crippen molar-refractivity contribution < 1.29 is 8.78 Å². The predicted molar refractivity (Wildman–Crippen MR) is 70.7 cm³/mol. The molecule has 0 radical (unpaired) electrons. The largest absolute Gasteiger partial charge is 0.324 e. The van der Waals surface area contributed by atoms with E-state index in [4.69, 9.17) is 5.73 Å². The lowest BCUT2D eigenvalue weighted by Gasteiger charge is -2.12. The average molecular weight is 267 g/mol. The third kappa shape index (κ3) is 2.76. The van der Waals surface area contributed by atoms with Crippen LogP contribution in [0.1, 0.15) is 28.3 Å². The summed E-state index contributed by atoms with van der Waals surface area (Å²) in [5.41, 5.74) is 6.18. The van der Waals surface area contributed by atoms with E-state index in [0.29, 0.717) is 6.42 Å². The first-order valence-electron chi connectivity index (χ1n) is 5.89. The molecular formula is C14H15F2NS. The fourth-order valence-corrected chi connectivity index (χ4v) is 2.87. The van der Waals surface area contributed by atoms with E-state index in [1.54, 1.807) is 11.3 Å². The van der Waals surface area contributed by atoms with Gasteiger partial charge < -0.3 is 5.73 Å². The van der Waals surface area contributed by atoms with Gasteiger partial charge in [0.2, 0.25) is 0 Å². The van der Waals surface area contributed by atoms with Gasteiger partial charge in [-0.3, -0.25) is 0 Å². The summed E-state index contributed by atoms with van der Waals surface area (Å²) in [7, 11) is 0. The minimum Gasteiger partial charge on any atom is -0.324 e. The molecule has 96 valence electrons. The Kier molecular flexibility index (Phi) is 4.09. The Morgan fingerprint density at radius 2 is 1.89 bits per heavy atom. The molecule has 0 aliphatic carbocycles. The summed E-state index contributed by atoms with van der Waals surface area (Å²) < 4.78 is 26.7. The Balaban J connectivity index is 2.16. The van der Waals surface area contributed by atoms with Crippen molar-refractivity contribution >= 4 is 11.3 Å². The molecule has 2 aromatic rings. The van der Waals surface area contributed by atoms with Crippen molar-refractivity contribution in [1.82, 2.24) is 0 Å². The maximum atomic E-state index is 13.6. The summed E-state index contributed by atoms with van der Waals surface area (Å²) in [6.45, 7) is 2.09. The van der Waals surface area contributed by atoms with Crippen molar-refractivity contribution in [3.8, 4) is 0 Å². The molecule has 1 aromatic carbocycles. The normalized spacial score (nSPS) is 12.7. The molecular weight excluding hydrogens is 252 g/mol. The van der Waals surface area contributed by atoms with E-state index >= 15 is 0 Å². The van der Waals surface area contributed by atoms with Gasteiger partial charge in [-0.2, -0.15) is 0 Å². The molecule has 0 saturated carbocycles. The SMILES string of the molecule is CCc1ccc(CC(N)c2cccc(F)c2F)s1. The summed E-state index contributed by atoms with van der Waals surface area (Å²) in [5, 5.41) is 0. The summed E-state index contributed by atoms with van der Waals surface area (Å²) in [5.74, 6) is -1.68. The number of hydrogen-bond donors (Lipinski definition) is 1. The number of benzene rings is 1. The zero-order chi connectivity index (χ0) is 13.1. The van der Waals surface area contributed by atoms with E-state index in [9.17, 15) is 8.78 Å². The highest BCUT2D eigenvalue weighted by molar-refractivity contribution is 7.11. The maximum absolute atomic E-state index is 13.6. The number of halogens is 2. The van der Waals surface area contributed by atoms with Crippen LogP contribution in [0, 0.1) is 11.6 Å². The molecule has 1 unspecified atom stereocenters. The molecule has 1 aromatic heterocycles. The van der Waals surface area contributed by atoms with E-state index in [2.05, 4.69) is 13.0 Å². The zero-order valence-corrected chi connectivity index (χ0v) is 10.9. The molecule has 0 bridgehead atoms. The molecule has 2 N–H and O–H groups in total. The average Bonchev–Trinajstić information content (AvgIpc) is 2.80. The van der Waals surface area contributed by atoms with E-state index in [1.807, 2.05) is 6.07 Å². The molecule has 0 spiro atoms. The molecule has 0 amide bonds. The lowest BCUT2D eigenvalue weighted by Crippen LogP contribution is -2.15. The van der Waals surface area contributed by atoms with Crippen LogP contribution in [0.4, 0.5) is 8.78 Å². The topological polar surface area (TPSA) is 26.0 Å². The first-order chi connectivity index (χ1) is 8.61. The Morgan fingerprint density at radius 1 is 1.17 bits per heavy atom. The number of rotatable bonds is 4. The van der Waals surface area contributed by atoms with Crippen molar-refractivity contribution in [3.63, 3.8) is 0 Å². The van der Waals surface area contributed by atoms with Gasteiger partial charge in [-0.1, -0.05) is 19.1 Å². The minimum absolute atomic E-state index is 0.237. The summed E-state index contributed by atoms with van der Waals surface area (Å²) in [4.78, 5) is 2.37. The fourth-order valence-electron chi connectivity index (χ4n) is 1.86. The molecule has 1 atom stereocenters. The third-order valence-electron chi connectivity index (χ3n) is 2.87. The lowest BCUT2D eigenvalue weighted by atomic mass is 10.0. The second-order valence-electron chi connectivity index (χ2n) is 4.18. The van der Waals surface area contributed by atoms with Gasteiger partial charge in [-0.25, -0.2) is 8.78 Å². The Labute approximate surface area is 109 Å². The highest BCUT2D eigenvalue weighted by Gasteiger charge is 2.15. The first kappa shape index (κ1) is 13.2. The van der Waals surface area contributed by atoms with Gasteiger partial charge in [0.05, 0.1) is 0 Å². The molecule has 18 heavy (non-hydrogen) atoms. The molecule has 4 heteroatoms. The third-order valence-corrected chi connectivity index (χ3v) is 4.12. The number of nitrogens with two attached hydrogens (primary N) is 1. The molecule has 0 aliphatic rings. The highest BCUT2D eigenvalue weighted by Crippen LogP contribution is 2.25. The predicted octanol–water partition coefficient (Wildman–Crippen LogP) is 3.83. The van der Waals surface area contributed by atoms with Crippen molar-refractivity contribution in [3.05, 3.63) is 57.3 Å². The van der Waals surface area contributed by atoms with Crippen LogP contribution in [0.5, 0.6) is 0 Å². The smallest absolute Gasteiger partial charge is 0.163 e. The van der Waals surface area contributed by atoms with Crippen LogP contribution in [0.25, 0.3) is 0 Å². The van der Waals surface area contributed by atoms with Crippen LogP contribution in [0.15, 0.2) is 30.3 Å². The minimum atomic E-state index is -0.844. The van der Waals surface area contributed by atoms with E-state index in [0.717, 1.165) is 17.4 Å². The van der Waals surface area contributed by atoms with Gasteiger partial charge >= 0.3 is 0 Å². The second kappa shape index (κ2) is 5.59. The van der Waals surface area contributed by atoms with Gasteiger partial charge in [0, 0.05) is 27.8 Å². The highest BCUT2D eigenvalue weighted by atomic mass is 32.1. The van der Waals surface area contributed by atoms with E-state index < -0.39 is 17.7 Å². The first-order valence-corrected chi connectivity index (χ1v) is 6.70. The van der Waals surface area contributed by atoms with Crippen LogP contribution in [0.3, 0.4) is 0 Å². The number of aryl methyl sites for hydroxylation is 1. The van der Waals surface area contributed by atoms with Crippen LogP contribution in [-0.2, 0) is 12.8 Å². The maximum Gasteiger partial charge on any atom is 0.163 e. The molecule has 0 aliphatic heterocycles. The quantitative estimate of drug-likeness (QED) is 0.895. The lowest BCUT2D eigenvalue weighted by molar-refractivity contribution is 0.488. The molecule has 1 nitrogen and oxygen atoms in total. The summed E-state index contributed by atoms with van der Waals surface area (Å²) in [6, 6.07) is 7.67. The van der Waals surface area contributed by atoms with Crippen LogP contribution >= 0.6 is 11.3 Å². The van der Waals surface area contributed by atoms with Crippen LogP contribution in [-0.4, -0.2) is 0 Å². The number of hydrogen-bond acceptors (Lipinski definition) is 2. The second-order valence-corrected chi connectivity index (χ2v) is 5.43. The summed E-state index contributed by atoms with van der Waals surface area (Å²) in [6.07, 6.45) is 1.51. The van der Waals surface area contributed by atoms with Gasteiger partial charge in [0.1, 0.15) is 0 Å². The molecule has 0 fully saturated rings. The Morgan fingerprint density at radius 3 is 2.56 bits per heavy atom. The van der Waals surface area contributed by atoms with Crippen molar-refractivity contribution in [2.75, 3.05) is 0 Å². The standard InChI is InChI=1S/C14H15F2NS/c1-2-9-6-7-10(18-9)8-13(17)11-4-3-5-12(15)14(11)16/h3-7,13H,2,8,17H2,1H3. The van der Waals surface area contributed by atoms with Crippen molar-refractivity contribution in [1.29, 1.82) is 0 Å². The molecule has 0 saturated heterocycles. The molecule has 1 heterocycles. The zero-order valence-electron chi connectivity index (χ0n) is 10.1. The van der Waals surface area contributed by atoms with Gasteiger partial charge in [0.25, 0.3) is 0 Å². The van der Waals surface area contributed by atoms with Gasteiger partial charge in [-0.05, 0) is 24.6 Å². The monoisotopic (exact) mass is 267 g/mol. The Hall–Kier alpha value is -1.26. The molecule has 2 rings (SSSR count). The van der Waals surface area contributed by atoms with Crippen LogP contribution in [0.2, 0.25) is 0 Å². The van der Waals surface area contributed by atoms with Gasteiger partial charge in [0.15, 0.2) is 11.6 Å². The Bertz CT molecular complexity index is 536. The fraction of sp³-hybridized carbons (Fsp3) is 0.286. The summed E-state index contributed by atoms with van der Waals surface area (Å²) >= 11 is 1.67. The number of thiophene rings is 1. The van der Waals surface area contributed by atoms with Crippen molar-refractivity contribution in [2.45, 2.75) is 25.8 Å². The van der Waals surface area contributed by atoms with E-state index in [1.165, 1.54) is 17.0 Å².